The molecular weight excluding hydrogens is 224 g/mol. The van der Waals surface area contributed by atoms with Gasteiger partial charge in [-0.2, -0.15) is 0 Å². The number of halogens is 1. The van der Waals surface area contributed by atoms with E-state index in [0.29, 0.717) is 0 Å². The van der Waals surface area contributed by atoms with Gasteiger partial charge < -0.3 is 4.98 Å². The van der Waals surface area contributed by atoms with Gasteiger partial charge in [-0.3, -0.25) is 9.78 Å². The SMILES string of the molecule is CCCCCCCCc1cncc(=O)[nH]1.Cl. The molecule has 4 heteroatoms. The quantitative estimate of drug-likeness (QED) is 0.750. The highest BCUT2D eigenvalue weighted by molar-refractivity contribution is 5.85. The second kappa shape index (κ2) is 9.40. The Morgan fingerprint density at radius 3 is 2.50 bits per heavy atom. The van der Waals surface area contributed by atoms with E-state index in [4.69, 9.17) is 0 Å². The Bertz CT molecular complexity index is 325. The maximum absolute atomic E-state index is 10.9. The lowest BCUT2D eigenvalue weighted by Crippen LogP contribution is -2.08. The van der Waals surface area contributed by atoms with Crippen LogP contribution >= 0.6 is 12.4 Å². The van der Waals surface area contributed by atoms with E-state index in [9.17, 15) is 4.79 Å². The van der Waals surface area contributed by atoms with Gasteiger partial charge in [-0.1, -0.05) is 39.0 Å². The lowest BCUT2D eigenvalue weighted by atomic mass is 10.1. The van der Waals surface area contributed by atoms with E-state index in [2.05, 4.69) is 16.9 Å². The first-order chi connectivity index (χ1) is 7.33. The zero-order chi connectivity index (χ0) is 10.9. The van der Waals surface area contributed by atoms with Crippen LogP contribution in [0.4, 0.5) is 0 Å². The van der Waals surface area contributed by atoms with Gasteiger partial charge in [0.25, 0.3) is 5.56 Å². The molecule has 0 aliphatic heterocycles. The lowest BCUT2D eigenvalue weighted by molar-refractivity contribution is 0.604. The molecule has 0 bridgehead atoms. The molecule has 0 fully saturated rings. The van der Waals surface area contributed by atoms with Crippen molar-refractivity contribution in [3.8, 4) is 0 Å². The molecule has 0 unspecified atom stereocenters. The smallest absolute Gasteiger partial charge is 0.266 e. The van der Waals surface area contributed by atoms with E-state index in [1.54, 1.807) is 6.20 Å². The number of aromatic nitrogens is 2. The first-order valence-electron chi connectivity index (χ1n) is 5.86. The second-order valence-corrected chi connectivity index (χ2v) is 3.94. The van der Waals surface area contributed by atoms with Crippen molar-refractivity contribution in [1.82, 2.24) is 9.97 Å². The minimum absolute atomic E-state index is 0. The largest absolute Gasteiger partial charge is 0.323 e. The lowest BCUT2D eigenvalue weighted by Gasteiger charge is -2.00. The Kier molecular flexibility index (Phi) is 8.91. The maximum atomic E-state index is 10.9. The van der Waals surface area contributed by atoms with Crippen LogP contribution in [0.3, 0.4) is 0 Å². The molecule has 1 aromatic rings. The number of aryl methyl sites for hydroxylation is 1. The summed E-state index contributed by atoms with van der Waals surface area (Å²) in [6, 6.07) is 0. The first-order valence-corrected chi connectivity index (χ1v) is 5.86. The van der Waals surface area contributed by atoms with Gasteiger partial charge in [0.05, 0.1) is 6.20 Å². The number of unbranched alkanes of at least 4 members (excludes halogenated alkanes) is 5. The van der Waals surface area contributed by atoms with Crippen LogP contribution in [-0.4, -0.2) is 9.97 Å². The predicted octanol–water partition coefficient (Wildman–Crippen LogP) is 3.09. The summed E-state index contributed by atoms with van der Waals surface area (Å²) in [5, 5.41) is 0. The summed E-state index contributed by atoms with van der Waals surface area (Å²) >= 11 is 0. The van der Waals surface area contributed by atoms with Crippen LogP contribution in [0.15, 0.2) is 17.2 Å². The van der Waals surface area contributed by atoms with Crippen LogP contribution in [-0.2, 0) is 6.42 Å². The van der Waals surface area contributed by atoms with Crippen molar-refractivity contribution in [1.29, 1.82) is 0 Å². The van der Waals surface area contributed by atoms with Gasteiger partial charge in [-0.15, -0.1) is 12.4 Å². The Hall–Kier alpha value is -0.830. The Morgan fingerprint density at radius 1 is 1.12 bits per heavy atom. The Labute approximate surface area is 103 Å². The van der Waals surface area contributed by atoms with Gasteiger partial charge in [0.15, 0.2) is 0 Å². The highest BCUT2D eigenvalue weighted by Gasteiger charge is 1.95. The molecule has 0 aliphatic carbocycles. The molecule has 16 heavy (non-hydrogen) atoms. The van der Waals surface area contributed by atoms with Crippen LogP contribution < -0.4 is 5.56 Å². The topological polar surface area (TPSA) is 45.8 Å². The van der Waals surface area contributed by atoms with E-state index in [-0.39, 0.29) is 18.0 Å². The summed E-state index contributed by atoms with van der Waals surface area (Å²) in [6.45, 7) is 2.22. The summed E-state index contributed by atoms with van der Waals surface area (Å²) in [5.41, 5.74) is 0.858. The monoisotopic (exact) mass is 244 g/mol. The fourth-order valence-electron chi connectivity index (χ4n) is 1.64. The highest BCUT2D eigenvalue weighted by Crippen LogP contribution is 2.07. The summed E-state index contributed by atoms with van der Waals surface area (Å²) in [5.74, 6) is 0. The van der Waals surface area contributed by atoms with Crippen LogP contribution in [0.5, 0.6) is 0 Å². The van der Waals surface area contributed by atoms with Gasteiger partial charge in [0.2, 0.25) is 0 Å². The fraction of sp³-hybridized carbons (Fsp3) is 0.667. The number of H-pyrrole nitrogens is 1. The van der Waals surface area contributed by atoms with Gasteiger partial charge in [0, 0.05) is 11.9 Å². The van der Waals surface area contributed by atoms with Gasteiger partial charge in [-0.05, 0) is 12.8 Å². The summed E-state index contributed by atoms with van der Waals surface area (Å²) in [6.07, 6.45) is 11.6. The number of nitrogens with zero attached hydrogens (tertiary/aromatic N) is 1. The normalized spacial score (nSPS) is 9.81. The molecule has 0 atom stereocenters. The molecule has 0 spiro atoms. The van der Waals surface area contributed by atoms with Crippen molar-refractivity contribution >= 4 is 12.4 Å². The van der Waals surface area contributed by atoms with Crippen molar-refractivity contribution in [2.24, 2.45) is 0 Å². The fourth-order valence-corrected chi connectivity index (χ4v) is 1.64. The van der Waals surface area contributed by atoms with Gasteiger partial charge in [-0.25, -0.2) is 0 Å². The van der Waals surface area contributed by atoms with Gasteiger partial charge in [0.1, 0.15) is 0 Å². The molecule has 1 N–H and O–H groups in total. The Morgan fingerprint density at radius 2 is 1.81 bits per heavy atom. The van der Waals surface area contributed by atoms with E-state index < -0.39 is 0 Å². The van der Waals surface area contributed by atoms with Crippen LogP contribution in [0.25, 0.3) is 0 Å². The average Bonchev–Trinajstić information content (AvgIpc) is 2.23. The highest BCUT2D eigenvalue weighted by atomic mass is 35.5. The molecule has 0 saturated carbocycles. The third-order valence-electron chi connectivity index (χ3n) is 2.51. The zero-order valence-electron chi connectivity index (χ0n) is 9.87. The van der Waals surface area contributed by atoms with E-state index >= 15 is 0 Å². The third-order valence-corrected chi connectivity index (χ3v) is 2.51. The molecule has 92 valence electrons. The summed E-state index contributed by atoms with van der Waals surface area (Å²) < 4.78 is 0. The Balaban J connectivity index is 0.00000225. The second-order valence-electron chi connectivity index (χ2n) is 3.94. The number of aromatic amines is 1. The molecule has 1 aromatic heterocycles. The van der Waals surface area contributed by atoms with Crippen molar-refractivity contribution < 1.29 is 0 Å². The van der Waals surface area contributed by atoms with Gasteiger partial charge >= 0.3 is 0 Å². The summed E-state index contributed by atoms with van der Waals surface area (Å²) in [7, 11) is 0. The molecule has 1 rings (SSSR count). The van der Waals surface area contributed by atoms with Crippen molar-refractivity contribution in [3.63, 3.8) is 0 Å². The van der Waals surface area contributed by atoms with Crippen molar-refractivity contribution in [3.05, 3.63) is 28.4 Å². The van der Waals surface area contributed by atoms with E-state index in [1.807, 2.05) is 0 Å². The molecule has 1 heterocycles. The van der Waals surface area contributed by atoms with Crippen LogP contribution in [0, 0.1) is 0 Å². The number of nitrogens with one attached hydrogen (secondary N) is 1. The zero-order valence-corrected chi connectivity index (χ0v) is 10.7. The first kappa shape index (κ1) is 15.2. The standard InChI is InChI=1S/C12H20N2O.ClH/c1-2-3-4-5-6-7-8-11-9-13-10-12(15)14-11;/h9-10H,2-8H2,1H3,(H,14,15);1H. The molecule has 0 aliphatic rings. The minimum atomic E-state index is -0.0986. The molecule has 0 saturated heterocycles. The number of hydrogen-bond acceptors (Lipinski definition) is 2. The minimum Gasteiger partial charge on any atom is -0.323 e. The molecule has 0 radical (unpaired) electrons. The van der Waals surface area contributed by atoms with Crippen LogP contribution in [0.2, 0.25) is 0 Å². The summed E-state index contributed by atoms with van der Waals surface area (Å²) in [4.78, 5) is 17.6. The molecule has 0 amide bonds. The molecule has 3 nitrogen and oxygen atoms in total. The van der Waals surface area contributed by atoms with Crippen molar-refractivity contribution in [2.45, 2.75) is 51.9 Å². The van der Waals surface area contributed by atoms with Crippen LogP contribution in [0.1, 0.15) is 51.1 Å². The average molecular weight is 245 g/mol. The molecule has 0 aromatic carbocycles. The maximum Gasteiger partial charge on any atom is 0.266 e. The van der Waals surface area contributed by atoms with E-state index in [0.717, 1.165) is 18.5 Å². The van der Waals surface area contributed by atoms with Crippen molar-refractivity contribution in [2.75, 3.05) is 0 Å². The number of hydrogen-bond donors (Lipinski definition) is 1. The van der Waals surface area contributed by atoms with E-state index in [1.165, 1.54) is 38.3 Å². The third kappa shape index (κ3) is 6.62. The number of rotatable bonds is 7. The molecular formula is C12H21ClN2O. The predicted molar refractivity (Wildman–Crippen MR) is 69.2 cm³/mol.